The summed E-state index contributed by atoms with van der Waals surface area (Å²) in [4.78, 5) is 0. The van der Waals surface area contributed by atoms with E-state index >= 15 is 0 Å². The van der Waals surface area contributed by atoms with Gasteiger partial charge in [-0.1, -0.05) is 42.1 Å². The second-order valence-electron chi connectivity index (χ2n) is 4.83. The number of rotatable bonds is 5. The molecule has 0 heterocycles. The Morgan fingerprint density at radius 2 is 2.07 bits per heavy atom. The third-order valence-electron chi connectivity index (χ3n) is 3.36. The third-order valence-corrected chi connectivity index (χ3v) is 5.12. The van der Waals surface area contributed by atoms with E-state index in [0.29, 0.717) is 12.0 Å². The summed E-state index contributed by atoms with van der Waals surface area (Å²) in [7, 11) is 0. The average Bonchev–Trinajstić information content (AvgIpc) is 2.29. The summed E-state index contributed by atoms with van der Waals surface area (Å²) in [5, 5.41) is 0.816. The fourth-order valence-electron chi connectivity index (χ4n) is 2.26. The van der Waals surface area contributed by atoms with Crippen molar-refractivity contribution in [2.75, 3.05) is 11.2 Å². The van der Waals surface area contributed by atoms with Gasteiger partial charge in [0, 0.05) is 5.33 Å². The maximum absolute atomic E-state index is 6.20. The van der Waals surface area contributed by atoms with Crippen molar-refractivity contribution in [1.82, 2.24) is 0 Å². The molecule has 1 rings (SSSR count). The number of halogens is 2. The lowest BCUT2D eigenvalue weighted by Gasteiger charge is -2.37. The van der Waals surface area contributed by atoms with Gasteiger partial charge in [-0.05, 0) is 25.7 Å². The molecule has 0 aromatic carbocycles. The first-order valence-corrected chi connectivity index (χ1v) is 7.60. The molecule has 3 unspecified atom stereocenters. The van der Waals surface area contributed by atoms with Gasteiger partial charge in [0.05, 0.1) is 17.6 Å². The topological polar surface area (TPSA) is 9.23 Å². The van der Waals surface area contributed by atoms with E-state index in [0.717, 1.165) is 11.2 Å². The fraction of sp³-hybridized carbons (Fsp3) is 1.00. The summed E-state index contributed by atoms with van der Waals surface area (Å²) in [6.45, 7) is 4.36. The lowest BCUT2D eigenvalue weighted by atomic mass is 9.84. The van der Waals surface area contributed by atoms with Gasteiger partial charge in [-0.25, -0.2) is 0 Å². The molecular formula is C12H22BrClO. The molecule has 0 radical (unpaired) electrons. The van der Waals surface area contributed by atoms with Crippen LogP contribution in [-0.4, -0.2) is 22.9 Å². The van der Waals surface area contributed by atoms with Gasteiger partial charge in [0.1, 0.15) is 0 Å². The molecule has 3 heteroatoms. The Morgan fingerprint density at radius 1 is 1.40 bits per heavy atom. The molecule has 0 aliphatic heterocycles. The smallest absolute Gasteiger partial charge is 0.0889 e. The van der Waals surface area contributed by atoms with Gasteiger partial charge < -0.3 is 4.74 Å². The predicted molar refractivity (Wildman–Crippen MR) is 70.0 cm³/mol. The minimum atomic E-state index is -0.197. The Balaban J connectivity index is 2.53. The van der Waals surface area contributed by atoms with Gasteiger partial charge in [-0.2, -0.15) is 0 Å². The summed E-state index contributed by atoms with van der Waals surface area (Å²) in [5.41, 5.74) is -0.197. The van der Waals surface area contributed by atoms with Gasteiger partial charge >= 0.3 is 0 Å². The zero-order chi connectivity index (χ0) is 11.3. The Hall–Kier alpha value is 0.730. The number of hydrogen-bond acceptors (Lipinski definition) is 1. The van der Waals surface area contributed by atoms with Gasteiger partial charge in [0.25, 0.3) is 0 Å². The van der Waals surface area contributed by atoms with Crippen LogP contribution < -0.4 is 0 Å². The van der Waals surface area contributed by atoms with Crippen molar-refractivity contribution in [1.29, 1.82) is 0 Å². The predicted octanol–water partition coefficient (Wildman–Crippen LogP) is 4.36. The van der Waals surface area contributed by atoms with Crippen molar-refractivity contribution in [3.05, 3.63) is 0 Å². The van der Waals surface area contributed by atoms with Crippen molar-refractivity contribution in [2.24, 2.45) is 5.92 Å². The Labute approximate surface area is 107 Å². The van der Waals surface area contributed by atoms with Gasteiger partial charge in [-0.3, -0.25) is 0 Å². The molecule has 1 fully saturated rings. The van der Waals surface area contributed by atoms with Crippen LogP contribution in [0.3, 0.4) is 0 Å². The first-order chi connectivity index (χ1) is 7.15. The summed E-state index contributed by atoms with van der Waals surface area (Å²) >= 11 is 9.46. The van der Waals surface area contributed by atoms with Gasteiger partial charge in [0.15, 0.2) is 0 Å². The molecule has 1 aliphatic carbocycles. The third kappa shape index (κ3) is 3.90. The minimum absolute atomic E-state index is 0.197. The molecule has 0 aromatic heterocycles. The van der Waals surface area contributed by atoms with Gasteiger partial charge in [0.2, 0.25) is 0 Å². The van der Waals surface area contributed by atoms with Crippen LogP contribution in [0.5, 0.6) is 0 Å². The van der Waals surface area contributed by atoms with E-state index in [1.165, 1.54) is 32.1 Å². The van der Waals surface area contributed by atoms with Crippen molar-refractivity contribution in [3.63, 3.8) is 0 Å². The van der Waals surface area contributed by atoms with E-state index in [9.17, 15) is 0 Å². The van der Waals surface area contributed by atoms with Crippen LogP contribution in [0.2, 0.25) is 0 Å². The Bertz CT molecular complexity index is 182. The zero-order valence-electron chi connectivity index (χ0n) is 9.77. The summed E-state index contributed by atoms with van der Waals surface area (Å²) in [6.07, 6.45) is 6.85. The lowest BCUT2D eigenvalue weighted by Crippen LogP contribution is -2.41. The van der Waals surface area contributed by atoms with E-state index in [1.54, 1.807) is 0 Å². The molecule has 0 amide bonds. The molecule has 15 heavy (non-hydrogen) atoms. The zero-order valence-corrected chi connectivity index (χ0v) is 12.1. The lowest BCUT2D eigenvalue weighted by molar-refractivity contribution is -0.0938. The highest BCUT2D eigenvalue weighted by Gasteiger charge is 2.32. The molecule has 0 aromatic rings. The minimum Gasteiger partial charge on any atom is -0.370 e. The van der Waals surface area contributed by atoms with Crippen molar-refractivity contribution in [2.45, 2.75) is 57.7 Å². The second-order valence-corrected chi connectivity index (χ2v) is 5.65. The summed E-state index contributed by atoms with van der Waals surface area (Å²) in [5.74, 6) is 1.30. The first kappa shape index (κ1) is 13.8. The van der Waals surface area contributed by atoms with Crippen molar-refractivity contribution < 1.29 is 4.74 Å². The maximum atomic E-state index is 6.20. The second kappa shape index (κ2) is 6.46. The molecule has 1 aliphatic rings. The maximum Gasteiger partial charge on any atom is 0.0889 e. The Morgan fingerprint density at radius 3 is 2.60 bits per heavy atom. The van der Waals surface area contributed by atoms with E-state index < -0.39 is 0 Å². The van der Waals surface area contributed by atoms with E-state index in [-0.39, 0.29) is 5.60 Å². The van der Waals surface area contributed by atoms with E-state index in [2.05, 4.69) is 29.8 Å². The average molecular weight is 298 g/mol. The SMILES string of the molecule is CCC1CCCCC1OC(C)(CCl)CBr. The highest BCUT2D eigenvalue weighted by Crippen LogP contribution is 2.32. The number of alkyl halides is 2. The number of hydrogen-bond donors (Lipinski definition) is 0. The van der Waals surface area contributed by atoms with Crippen LogP contribution >= 0.6 is 27.5 Å². The van der Waals surface area contributed by atoms with E-state index in [4.69, 9.17) is 16.3 Å². The van der Waals surface area contributed by atoms with Gasteiger partial charge in [-0.15, -0.1) is 11.6 Å². The molecule has 1 nitrogen and oxygen atoms in total. The van der Waals surface area contributed by atoms with Crippen LogP contribution in [-0.2, 0) is 4.74 Å². The molecule has 0 bridgehead atoms. The first-order valence-electron chi connectivity index (χ1n) is 5.95. The molecular weight excluding hydrogens is 275 g/mol. The van der Waals surface area contributed by atoms with Crippen LogP contribution in [0.4, 0.5) is 0 Å². The summed E-state index contributed by atoms with van der Waals surface area (Å²) < 4.78 is 6.20. The molecule has 0 spiro atoms. The van der Waals surface area contributed by atoms with Crippen LogP contribution in [0.15, 0.2) is 0 Å². The van der Waals surface area contributed by atoms with Crippen LogP contribution in [0.25, 0.3) is 0 Å². The Kier molecular flexibility index (Phi) is 5.94. The molecule has 3 atom stereocenters. The monoisotopic (exact) mass is 296 g/mol. The fourth-order valence-corrected chi connectivity index (χ4v) is 2.98. The largest absolute Gasteiger partial charge is 0.370 e. The standard InChI is InChI=1S/C12H22BrClO/c1-3-10-6-4-5-7-11(10)15-12(2,8-13)9-14/h10-11H,3-9H2,1-2H3. The van der Waals surface area contributed by atoms with E-state index in [1.807, 2.05) is 0 Å². The molecule has 0 N–H and O–H groups in total. The summed E-state index contributed by atoms with van der Waals surface area (Å²) in [6, 6.07) is 0. The molecule has 0 saturated heterocycles. The normalized spacial score (nSPS) is 31.2. The highest BCUT2D eigenvalue weighted by molar-refractivity contribution is 9.09. The van der Waals surface area contributed by atoms with Crippen molar-refractivity contribution in [3.8, 4) is 0 Å². The van der Waals surface area contributed by atoms with Crippen LogP contribution in [0.1, 0.15) is 46.0 Å². The molecule has 90 valence electrons. The highest BCUT2D eigenvalue weighted by atomic mass is 79.9. The quantitative estimate of drug-likeness (QED) is 0.685. The van der Waals surface area contributed by atoms with Crippen molar-refractivity contribution >= 4 is 27.5 Å². The van der Waals surface area contributed by atoms with Crippen LogP contribution in [0, 0.1) is 5.92 Å². The molecule has 1 saturated carbocycles. The number of ether oxygens (including phenoxy) is 1.